The third kappa shape index (κ3) is 3.03. The van der Waals surface area contributed by atoms with Crippen LogP contribution in [0.3, 0.4) is 0 Å². The first-order valence-corrected chi connectivity index (χ1v) is 6.35. The van der Waals surface area contributed by atoms with Gasteiger partial charge in [-0.15, -0.1) is 0 Å². The van der Waals surface area contributed by atoms with E-state index in [1.807, 2.05) is 20.8 Å². The Balaban J connectivity index is 3.17. The van der Waals surface area contributed by atoms with Gasteiger partial charge in [-0.2, -0.15) is 0 Å². The van der Waals surface area contributed by atoms with Gasteiger partial charge in [0, 0.05) is 5.56 Å². The molecule has 1 unspecified atom stereocenters. The van der Waals surface area contributed by atoms with Gasteiger partial charge in [0.05, 0.1) is 18.2 Å². The first-order chi connectivity index (χ1) is 8.42. The molecule has 1 N–H and O–H groups in total. The molecule has 100 valence electrons. The minimum absolute atomic E-state index is 0.0644. The van der Waals surface area contributed by atoms with Crippen LogP contribution >= 0.6 is 11.6 Å². The van der Waals surface area contributed by atoms with E-state index in [-0.39, 0.29) is 17.7 Å². The first kappa shape index (κ1) is 15.0. The van der Waals surface area contributed by atoms with Crippen molar-refractivity contribution in [2.45, 2.75) is 26.8 Å². The number of carbonyl (C=O) groups excluding carboxylic acids is 1. The molecule has 0 radical (unpaired) electrons. The minimum Gasteiger partial charge on any atom is -0.495 e. The van der Waals surface area contributed by atoms with Crippen molar-refractivity contribution in [1.82, 2.24) is 5.32 Å². The number of Topliss-reactive ketones (excluding diaryl/α,β-unsaturated/α-hetero) is 1. The number of benzene rings is 1. The molecule has 0 saturated carbocycles. The van der Waals surface area contributed by atoms with Crippen LogP contribution in [0.2, 0.25) is 5.02 Å². The first-order valence-electron chi connectivity index (χ1n) is 5.98. The van der Waals surface area contributed by atoms with Crippen LogP contribution in [0.25, 0.3) is 0 Å². The van der Waals surface area contributed by atoms with Gasteiger partial charge >= 0.3 is 0 Å². The number of hydrogen-bond acceptors (Lipinski definition) is 3. The lowest BCUT2D eigenvalue weighted by Gasteiger charge is -2.20. The van der Waals surface area contributed by atoms with Gasteiger partial charge in [-0.1, -0.05) is 25.4 Å². The molecule has 0 aliphatic rings. The number of ketones is 1. The van der Waals surface area contributed by atoms with E-state index in [1.165, 1.54) is 0 Å². The summed E-state index contributed by atoms with van der Waals surface area (Å²) >= 11 is 6.08. The minimum atomic E-state index is -0.201. The van der Waals surface area contributed by atoms with E-state index in [1.54, 1.807) is 26.3 Å². The van der Waals surface area contributed by atoms with Crippen molar-refractivity contribution in [3.63, 3.8) is 0 Å². The second-order valence-electron chi connectivity index (χ2n) is 4.68. The molecule has 0 aromatic heterocycles. The number of hydrogen-bond donors (Lipinski definition) is 1. The maximum Gasteiger partial charge on any atom is 0.180 e. The molecule has 18 heavy (non-hydrogen) atoms. The molecule has 1 atom stereocenters. The normalized spacial score (nSPS) is 12.6. The molecule has 0 amide bonds. The van der Waals surface area contributed by atoms with Gasteiger partial charge in [0.1, 0.15) is 5.75 Å². The van der Waals surface area contributed by atoms with Crippen molar-refractivity contribution < 1.29 is 9.53 Å². The van der Waals surface area contributed by atoms with Crippen molar-refractivity contribution >= 4 is 17.4 Å². The Labute approximate surface area is 113 Å². The number of methoxy groups -OCH3 is 1. The van der Waals surface area contributed by atoms with Crippen LogP contribution in [0.5, 0.6) is 5.75 Å². The quantitative estimate of drug-likeness (QED) is 0.835. The zero-order valence-electron chi connectivity index (χ0n) is 11.5. The number of carbonyl (C=O) groups is 1. The van der Waals surface area contributed by atoms with Gasteiger partial charge in [0.25, 0.3) is 0 Å². The van der Waals surface area contributed by atoms with Gasteiger partial charge in [0.15, 0.2) is 5.78 Å². The maximum atomic E-state index is 12.4. The molecule has 1 aromatic rings. The Morgan fingerprint density at radius 3 is 2.44 bits per heavy atom. The summed E-state index contributed by atoms with van der Waals surface area (Å²) in [5, 5.41) is 3.51. The molecule has 1 aromatic carbocycles. The van der Waals surface area contributed by atoms with E-state index >= 15 is 0 Å². The second-order valence-corrected chi connectivity index (χ2v) is 5.08. The summed E-state index contributed by atoms with van der Waals surface area (Å²) in [5.41, 5.74) is 1.52. The van der Waals surface area contributed by atoms with Crippen molar-refractivity contribution in [1.29, 1.82) is 0 Å². The Hall–Kier alpha value is -1.06. The molecule has 0 fully saturated rings. The number of ether oxygens (including phenoxy) is 1. The zero-order chi connectivity index (χ0) is 13.9. The Morgan fingerprint density at radius 1 is 1.39 bits per heavy atom. The van der Waals surface area contributed by atoms with Crippen molar-refractivity contribution in [3.8, 4) is 5.75 Å². The zero-order valence-corrected chi connectivity index (χ0v) is 12.3. The van der Waals surface area contributed by atoms with Crippen LogP contribution in [-0.4, -0.2) is 26.0 Å². The van der Waals surface area contributed by atoms with E-state index in [0.29, 0.717) is 16.3 Å². The smallest absolute Gasteiger partial charge is 0.180 e. The maximum absolute atomic E-state index is 12.4. The molecule has 0 bridgehead atoms. The lowest BCUT2D eigenvalue weighted by atomic mass is 9.92. The molecule has 1 rings (SSSR count). The van der Waals surface area contributed by atoms with E-state index in [9.17, 15) is 4.79 Å². The highest BCUT2D eigenvalue weighted by Gasteiger charge is 2.23. The van der Waals surface area contributed by atoms with E-state index in [4.69, 9.17) is 16.3 Å². The predicted molar refractivity (Wildman–Crippen MR) is 74.8 cm³/mol. The molecule has 0 heterocycles. The van der Waals surface area contributed by atoms with E-state index in [2.05, 4.69) is 5.32 Å². The Kier molecular flexibility index (Phi) is 5.17. The highest BCUT2D eigenvalue weighted by Crippen LogP contribution is 2.28. The molecular weight excluding hydrogens is 250 g/mol. The Bertz CT molecular complexity index is 444. The Morgan fingerprint density at radius 2 is 2.00 bits per heavy atom. The number of halogens is 1. The SMILES string of the molecule is CNC(C(=O)c1cc(Cl)c(OC)cc1C)C(C)C. The summed E-state index contributed by atoms with van der Waals surface area (Å²) in [6.45, 7) is 5.91. The van der Waals surface area contributed by atoms with Crippen LogP contribution in [0.15, 0.2) is 12.1 Å². The van der Waals surface area contributed by atoms with Crippen LogP contribution in [0.1, 0.15) is 29.8 Å². The fourth-order valence-electron chi connectivity index (χ4n) is 2.01. The predicted octanol–water partition coefficient (Wildman–Crippen LogP) is 3.08. The lowest BCUT2D eigenvalue weighted by Crippen LogP contribution is -2.38. The fraction of sp³-hybridized carbons (Fsp3) is 0.500. The third-order valence-corrected chi connectivity index (χ3v) is 3.32. The van der Waals surface area contributed by atoms with Gasteiger partial charge in [-0.3, -0.25) is 4.79 Å². The van der Waals surface area contributed by atoms with Gasteiger partial charge in [-0.05, 0) is 37.6 Å². The van der Waals surface area contributed by atoms with E-state index < -0.39 is 0 Å². The van der Waals surface area contributed by atoms with E-state index in [0.717, 1.165) is 5.56 Å². The van der Waals surface area contributed by atoms with Gasteiger partial charge in [-0.25, -0.2) is 0 Å². The second kappa shape index (κ2) is 6.21. The average Bonchev–Trinajstić information content (AvgIpc) is 2.31. The topological polar surface area (TPSA) is 38.3 Å². The van der Waals surface area contributed by atoms with Crippen LogP contribution in [-0.2, 0) is 0 Å². The van der Waals surface area contributed by atoms with Crippen LogP contribution < -0.4 is 10.1 Å². The largest absolute Gasteiger partial charge is 0.495 e. The van der Waals surface area contributed by atoms with Crippen LogP contribution in [0, 0.1) is 12.8 Å². The molecule has 3 nitrogen and oxygen atoms in total. The molecule has 0 spiro atoms. The summed E-state index contributed by atoms with van der Waals surface area (Å²) in [6, 6.07) is 3.28. The van der Waals surface area contributed by atoms with Crippen molar-refractivity contribution in [3.05, 3.63) is 28.3 Å². The number of nitrogens with one attached hydrogen (secondary N) is 1. The highest BCUT2D eigenvalue weighted by atomic mass is 35.5. The molecule has 0 aliphatic carbocycles. The van der Waals surface area contributed by atoms with Crippen LogP contribution in [0.4, 0.5) is 0 Å². The summed E-state index contributed by atoms with van der Waals surface area (Å²) in [7, 11) is 3.36. The molecular formula is C14H20ClNO2. The lowest BCUT2D eigenvalue weighted by molar-refractivity contribution is 0.0922. The average molecular weight is 270 g/mol. The number of aryl methyl sites for hydroxylation is 1. The molecule has 0 aliphatic heterocycles. The van der Waals surface area contributed by atoms with Gasteiger partial charge in [0.2, 0.25) is 0 Å². The monoisotopic (exact) mass is 269 g/mol. The fourth-order valence-corrected chi connectivity index (χ4v) is 2.25. The molecule has 0 saturated heterocycles. The number of likely N-dealkylation sites (N-methyl/N-ethyl adjacent to an activating group) is 1. The summed E-state index contributed by atoms with van der Waals surface area (Å²) in [4.78, 5) is 12.4. The third-order valence-electron chi connectivity index (χ3n) is 3.02. The number of rotatable bonds is 5. The molecule has 4 heteroatoms. The standard InChI is InChI=1S/C14H20ClNO2/c1-8(2)13(16-4)14(17)10-7-11(15)12(18-5)6-9(10)3/h6-8,13,16H,1-5H3. The summed E-state index contributed by atoms with van der Waals surface area (Å²) < 4.78 is 5.14. The summed E-state index contributed by atoms with van der Waals surface area (Å²) in [6.07, 6.45) is 0. The van der Waals surface area contributed by atoms with Gasteiger partial charge < -0.3 is 10.1 Å². The highest BCUT2D eigenvalue weighted by molar-refractivity contribution is 6.32. The summed E-state index contributed by atoms with van der Waals surface area (Å²) in [5.74, 6) is 0.883. The van der Waals surface area contributed by atoms with Crippen molar-refractivity contribution in [2.24, 2.45) is 5.92 Å². The van der Waals surface area contributed by atoms with Crippen molar-refractivity contribution in [2.75, 3.05) is 14.2 Å².